The van der Waals surface area contributed by atoms with Crippen molar-refractivity contribution >= 4 is 88.5 Å². The molecule has 19 heteroatoms. The van der Waals surface area contributed by atoms with Crippen LogP contribution in [0.4, 0.5) is 0 Å². The Morgan fingerprint density at radius 1 is 0.298 bits per heavy atom. The lowest BCUT2D eigenvalue weighted by molar-refractivity contribution is -0.144. The van der Waals surface area contributed by atoms with E-state index in [4.69, 9.17) is 28.4 Å². The van der Waals surface area contributed by atoms with Crippen LogP contribution in [0.3, 0.4) is 0 Å². The molecule has 0 saturated carbocycles. The largest absolute Gasteiger partial charge is 0.465 e. The average Bonchev–Trinajstić information content (AvgIpc) is 3.38. The summed E-state index contributed by atoms with van der Waals surface area (Å²) in [5, 5.41) is 3.42. The minimum absolute atomic E-state index is 0.00402. The zero-order valence-electron chi connectivity index (χ0n) is 63.0. The second-order valence-electron chi connectivity index (χ2n) is 27.1. The van der Waals surface area contributed by atoms with Crippen LogP contribution in [0.2, 0.25) is 0 Å². The number of nitrogens with zero attached hydrogens (tertiary/aromatic N) is 3. The second-order valence-corrected chi connectivity index (χ2v) is 38.2. The number of carbonyl (C=O) groups is 3. The Morgan fingerprint density at radius 2 is 0.574 bits per heavy atom. The molecule has 0 spiro atoms. The highest BCUT2D eigenvalue weighted by molar-refractivity contribution is 8.19. The molecule has 0 amide bonds. The molecular weight excluding hydrogens is 1290 g/mol. The fourth-order valence-corrected chi connectivity index (χ4v) is 17.2. The summed E-state index contributed by atoms with van der Waals surface area (Å²) in [4.78, 5) is 45.5. The molecule has 13 nitrogen and oxygen atoms in total. The minimum Gasteiger partial charge on any atom is -0.465 e. The van der Waals surface area contributed by atoms with E-state index in [2.05, 4.69) is 96.4 Å². The van der Waals surface area contributed by atoms with Crippen molar-refractivity contribution in [3.8, 4) is 0 Å². The third-order valence-electron chi connectivity index (χ3n) is 16.7. The maximum Gasteiger partial charge on any atom is 0.307 e. The van der Waals surface area contributed by atoms with Crippen molar-refractivity contribution in [1.82, 2.24) is 20.0 Å². The van der Waals surface area contributed by atoms with E-state index < -0.39 is 0 Å². The van der Waals surface area contributed by atoms with Crippen molar-refractivity contribution in [3.05, 3.63) is 0 Å². The first-order chi connectivity index (χ1) is 45.4. The number of hydrogen-bond acceptors (Lipinski definition) is 19. The Balaban J connectivity index is 4.66. The SMILES string of the molecule is CCCCCCCCCCCCOCCSC(C)(C)SCCOC(=O)CCNCCN(C)CCCN(C)CCN(CCC(=O)OCCSC(C)(C)SCCOCCCCCCCCCCCC)CCC(=O)OCCSC(C)(C)SCCOCCCCCCCCCCCC. The van der Waals surface area contributed by atoms with Crippen molar-refractivity contribution < 1.29 is 42.8 Å². The number of nitrogens with one attached hydrogen (secondary N) is 1. The molecule has 0 aromatic rings. The summed E-state index contributed by atoms with van der Waals surface area (Å²) in [7, 11) is 4.29. The first-order valence-electron chi connectivity index (χ1n) is 38.3. The van der Waals surface area contributed by atoms with Gasteiger partial charge in [0.1, 0.15) is 19.8 Å². The third-order valence-corrected chi connectivity index (χ3v) is 25.2. The topological polar surface area (TPSA) is 128 Å². The lowest BCUT2D eigenvalue weighted by Crippen LogP contribution is -2.37. The summed E-state index contributed by atoms with van der Waals surface area (Å²) in [5.74, 6) is 4.60. The number of rotatable bonds is 76. The van der Waals surface area contributed by atoms with Gasteiger partial charge in [-0.15, -0.1) is 70.6 Å². The summed E-state index contributed by atoms with van der Waals surface area (Å²) >= 11 is 11.2. The van der Waals surface area contributed by atoms with E-state index in [0.29, 0.717) is 45.9 Å². The van der Waals surface area contributed by atoms with Gasteiger partial charge in [-0.05, 0) is 94.4 Å². The molecule has 0 rings (SSSR count). The predicted molar refractivity (Wildman–Crippen MR) is 421 cm³/mol. The van der Waals surface area contributed by atoms with Crippen molar-refractivity contribution in [2.75, 3.05) is 167 Å². The van der Waals surface area contributed by atoms with E-state index >= 15 is 0 Å². The molecule has 560 valence electrons. The highest BCUT2D eigenvalue weighted by atomic mass is 32.2. The Morgan fingerprint density at radius 3 is 0.894 bits per heavy atom. The van der Waals surface area contributed by atoms with E-state index in [1.54, 1.807) is 0 Å². The van der Waals surface area contributed by atoms with Crippen LogP contribution in [-0.4, -0.2) is 212 Å². The van der Waals surface area contributed by atoms with E-state index in [-0.39, 0.29) is 43.0 Å². The minimum atomic E-state index is -0.200. The van der Waals surface area contributed by atoms with Crippen LogP contribution in [0.25, 0.3) is 0 Å². The van der Waals surface area contributed by atoms with Gasteiger partial charge in [-0.1, -0.05) is 194 Å². The van der Waals surface area contributed by atoms with Crippen LogP contribution in [0.5, 0.6) is 0 Å². The van der Waals surface area contributed by atoms with Crippen LogP contribution >= 0.6 is 70.6 Å². The van der Waals surface area contributed by atoms with Gasteiger partial charge in [-0.25, -0.2) is 0 Å². The quantitative estimate of drug-likeness (QED) is 0.0268. The maximum atomic E-state index is 13.1. The lowest BCUT2D eigenvalue weighted by atomic mass is 10.1. The predicted octanol–water partition coefficient (Wildman–Crippen LogP) is 19.4. The molecule has 0 aliphatic heterocycles. The monoisotopic (exact) mass is 1440 g/mol. The van der Waals surface area contributed by atoms with Crippen LogP contribution in [0.1, 0.15) is 281 Å². The van der Waals surface area contributed by atoms with Crippen molar-refractivity contribution in [2.24, 2.45) is 0 Å². The highest BCUT2D eigenvalue weighted by Gasteiger charge is 2.22. The summed E-state index contributed by atoms with van der Waals surface area (Å²) < 4.78 is 35.0. The van der Waals surface area contributed by atoms with Gasteiger partial charge < -0.3 is 48.4 Å². The van der Waals surface area contributed by atoms with Gasteiger partial charge >= 0.3 is 17.9 Å². The first kappa shape index (κ1) is 94.2. The molecule has 0 saturated heterocycles. The zero-order chi connectivity index (χ0) is 69.2. The Bertz CT molecular complexity index is 1600. The molecule has 0 atom stereocenters. The fraction of sp³-hybridized carbons (Fsp3) is 0.960. The Labute approximate surface area is 606 Å². The number of carbonyl (C=O) groups excluding carboxylic acids is 3. The van der Waals surface area contributed by atoms with E-state index in [0.717, 1.165) is 139 Å². The summed E-state index contributed by atoms with van der Waals surface area (Å²) in [6.45, 7) is 33.2. The maximum absolute atomic E-state index is 13.1. The Kier molecular flexibility index (Phi) is 69.1. The first-order valence-corrected chi connectivity index (χ1v) is 44.2. The van der Waals surface area contributed by atoms with E-state index in [9.17, 15) is 14.4 Å². The van der Waals surface area contributed by atoms with Crippen molar-refractivity contribution in [1.29, 1.82) is 0 Å². The molecule has 0 aromatic carbocycles. The van der Waals surface area contributed by atoms with Gasteiger partial charge in [0, 0.05) is 100 Å². The van der Waals surface area contributed by atoms with Crippen molar-refractivity contribution in [3.63, 3.8) is 0 Å². The summed E-state index contributed by atoms with van der Waals surface area (Å²) in [6.07, 6.45) is 42.0. The van der Waals surface area contributed by atoms with Gasteiger partial charge in [-0.3, -0.25) is 14.4 Å². The molecule has 0 radical (unpaired) electrons. The number of hydrogen-bond donors (Lipinski definition) is 1. The van der Waals surface area contributed by atoms with E-state index in [1.165, 1.54) is 173 Å². The normalized spacial score (nSPS) is 12.3. The number of esters is 3. The van der Waals surface area contributed by atoms with Crippen molar-refractivity contribution in [2.45, 2.75) is 293 Å². The average molecular weight is 1440 g/mol. The molecular formula is C75H150N4O9S6. The third kappa shape index (κ3) is 70.7. The summed E-state index contributed by atoms with van der Waals surface area (Å²) in [5.41, 5.74) is 0. The number of likely N-dealkylation sites (N-methyl/N-ethyl adjacent to an activating group) is 2. The number of unbranched alkanes of at least 4 members (excludes halogenated alkanes) is 27. The standard InChI is InChI=1S/C75H150N4O9S6/c1-12-15-18-21-24-27-30-33-36-39-55-83-58-64-89-73(4,5)92-67-61-86-70(80)43-46-76-47-52-77(10)48-42-49-78(11)53-54-79(50-44-71(81)87-62-68-93-74(6,7)90-65-59-84-56-40-37-34-31-28-25-22-19-16-13-2)51-45-72(82)88-63-69-94-75(8,9)91-66-60-85-57-41-38-35-32-29-26-23-20-17-14-3/h76H,12-69H2,1-11H3. The van der Waals surface area contributed by atoms with Gasteiger partial charge in [-0.2, -0.15) is 0 Å². The molecule has 0 fully saturated rings. The van der Waals surface area contributed by atoms with Gasteiger partial charge in [0.15, 0.2) is 0 Å². The number of ether oxygens (including phenoxy) is 6. The molecule has 1 N–H and O–H groups in total. The molecule has 0 aliphatic carbocycles. The molecule has 0 aromatic heterocycles. The van der Waals surface area contributed by atoms with Gasteiger partial charge in [0.2, 0.25) is 0 Å². The second kappa shape index (κ2) is 69.0. The molecule has 0 bridgehead atoms. The van der Waals surface area contributed by atoms with Crippen LogP contribution < -0.4 is 5.32 Å². The van der Waals surface area contributed by atoms with Crippen LogP contribution in [-0.2, 0) is 42.8 Å². The van der Waals surface area contributed by atoms with Gasteiger partial charge in [0.25, 0.3) is 0 Å². The smallest absolute Gasteiger partial charge is 0.307 e. The van der Waals surface area contributed by atoms with Gasteiger partial charge in [0.05, 0.1) is 51.3 Å². The molecule has 0 aliphatic rings. The Hall–Kier alpha value is 0.230. The van der Waals surface area contributed by atoms with E-state index in [1.807, 2.05) is 70.6 Å². The fourth-order valence-electron chi connectivity index (χ4n) is 10.7. The van der Waals surface area contributed by atoms with Crippen LogP contribution in [0, 0.1) is 0 Å². The zero-order valence-corrected chi connectivity index (χ0v) is 67.9. The number of thioether (sulfide) groups is 6. The molecule has 0 unspecified atom stereocenters. The molecule has 94 heavy (non-hydrogen) atoms. The van der Waals surface area contributed by atoms with Crippen LogP contribution in [0.15, 0.2) is 0 Å². The lowest BCUT2D eigenvalue weighted by Gasteiger charge is -2.26. The molecule has 0 heterocycles. The summed E-state index contributed by atoms with van der Waals surface area (Å²) in [6, 6.07) is 0. The highest BCUT2D eigenvalue weighted by Crippen LogP contribution is 2.38.